The highest BCUT2D eigenvalue weighted by Gasteiger charge is 2.20. The molecule has 1 atom stereocenters. The van der Waals surface area contributed by atoms with Crippen molar-refractivity contribution >= 4 is 28.6 Å². The van der Waals surface area contributed by atoms with Crippen LogP contribution in [-0.2, 0) is 11.2 Å². The Morgan fingerprint density at radius 3 is 2.65 bits per heavy atom. The minimum absolute atomic E-state index is 0.121. The van der Waals surface area contributed by atoms with Gasteiger partial charge in [0.1, 0.15) is 11.6 Å². The number of fused-ring (bicyclic) bond motifs is 1. The Morgan fingerprint density at radius 1 is 1.15 bits per heavy atom. The van der Waals surface area contributed by atoms with Gasteiger partial charge in [-0.3, -0.25) is 9.59 Å². The second-order valence-corrected chi connectivity index (χ2v) is 9.20. The van der Waals surface area contributed by atoms with Crippen molar-refractivity contribution in [1.82, 2.24) is 19.9 Å². The van der Waals surface area contributed by atoms with E-state index in [4.69, 9.17) is 9.72 Å². The summed E-state index contributed by atoms with van der Waals surface area (Å²) in [7, 11) is 1.63. The lowest BCUT2D eigenvalue weighted by molar-refractivity contribution is -0.120. The molecule has 0 fully saturated rings. The van der Waals surface area contributed by atoms with E-state index in [0.717, 1.165) is 16.9 Å². The zero-order valence-corrected chi connectivity index (χ0v) is 20.1. The predicted octanol–water partition coefficient (Wildman–Crippen LogP) is 3.94. The van der Waals surface area contributed by atoms with E-state index in [2.05, 4.69) is 10.3 Å². The van der Waals surface area contributed by atoms with Crippen LogP contribution in [0.4, 0.5) is 0 Å². The van der Waals surface area contributed by atoms with Crippen molar-refractivity contribution in [3.8, 4) is 11.6 Å². The Labute approximate surface area is 202 Å². The number of para-hydroxylation sites is 1. The van der Waals surface area contributed by atoms with Gasteiger partial charge in [-0.15, -0.1) is 0 Å². The molecule has 0 spiro atoms. The smallest absolute Gasteiger partial charge is 0.267 e. The van der Waals surface area contributed by atoms with E-state index in [1.54, 1.807) is 25.4 Å². The predicted molar refractivity (Wildman–Crippen MR) is 135 cm³/mol. The van der Waals surface area contributed by atoms with Crippen molar-refractivity contribution in [3.05, 3.63) is 88.3 Å². The standard InChI is InChI=1S/C26H26N4O3S/c1-17-12-14-27-23(16-17)30-25(32)21-6-4-5-7-22(21)29-26(30)34-18(2)24(31)28-15-13-19-8-10-20(33-3)11-9-19/h4-12,14,16,18H,13,15H2,1-3H3,(H,28,31). The molecular formula is C26H26N4O3S. The Balaban J connectivity index is 1.53. The molecule has 8 heteroatoms. The molecule has 0 aliphatic rings. The van der Waals surface area contributed by atoms with Gasteiger partial charge in [-0.1, -0.05) is 36.0 Å². The van der Waals surface area contributed by atoms with Crippen LogP contribution in [0.25, 0.3) is 16.7 Å². The molecule has 4 rings (SSSR count). The van der Waals surface area contributed by atoms with Crippen LogP contribution in [0.3, 0.4) is 0 Å². The first-order chi connectivity index (χ1) is 16.5. The molecule has 0 aliphatic carbocycles. The van der Waals surface area contributed by atoms with Crippen LogP contribution in [0.2, 0.25) is 0 Å². The van der Waals surface area contributed by atoms with Crippen LogP contribution in [0, 0.1) is 6.92 Å². The summed E-state index contributed by atoms with van der Waals surface area (Å²) < 4.78 is 6.66. The summed E-state index contributed by atoms with van der Waals surface area (Å²) >= 11 is 1.24. The van der Waals surface area contributed by atoms with Gasteiger partial charge in [0, 0.05) is 12.7 Å². The zero-order valence-electron chi connectivity index (χ0n) is 19.3. The van der Waals surface area contributed by atoms with Crippen LogP contribution >= 0.6 is 11.8 Å². The fourth-order valence-corrected chi connectivity index (χ4v) is 4.45. The number of amides is 1. The van der Waals surface area contributed by atoms with E-state index in [-0.39, 0.29) is 11.5 Å². The lowest BCUT2D eigenvalue weighted by atomic mass is 10.1. The SMILES string of the molecule is COc1ccc(CCNC(=O)C(C)Sc2nc3ccccc3c(=O)n2-c2cc(C)ccn2)cc1. The fraction of sp³-hybridized carbons (Fsp3) is 0.231. The topological polar surface area (TPSA) is 86.1 Å². The minimum Gasteiger partial charge on any atom is -0.497 e. The first kappa shape index (κ1) is 23.5. The van der Waals surface area contributed by atoms with Gasteiger partial charge in [0.05, 0.1) is 23.3 Å². The third-order valence-electron chi connectivity index (χ3n) is 5.40. The maximum Gasteiger partial charge on any atom is 0.267 e. The fourth-order valence-electron chi connectivity index (χ4n) is 3.51. The summed E-state index contributed by atoms with van der Waals surface area (Å²) in [5.41, 5.74) is 2.46. The molecule has 7 nitrogen and oxygen atoms in total. The Morgan fingerprint density at radius 2 is 1.91 bits per heavy atom. The molecule has 2 heterocycles. The number of carbonyl (C=O) groups excluding carboxylic acids is 1. The molecule has 1 amide bonds. The largest absolute Gasteiger partial charge is 0.497 e. The Hall–Kier alpha value is -3.65. The van der Waals surface area contributed by atoms with E-state index >= 15 is 0 Å². The van der Waals surface area contributed by atoms with Gasteiger partial charge in [-0.25, -0.2) is 14.5 Å². The highest BCUT2D eigenvalue weighted by atomic mass is 32.2. The summed E-state index contributed by atoms with van der Waals surface area (Å²) in [5.74, 6) is 1.16. The first-order valence-corrected chi connectivity index (χ1v) is 11.9. The summed E-state index contributed by atoms with van der Waals surface area (Å²) in [5, 5.41) is 3.46. The number of aromatic nitrogens is 3. The van der Waals surface area contributed by atoms with Crippen LogP contribution in [0.15, 0.2) is 76.8 Å². The Bertz CT molecular complexity index is 1370. The van der Waals surface area contributed by atoms with E-state index < -0.39 is 5.25 Å². The Kier molecular flexibility index (Phi) is 7.27. The molecule has 2 aromatic heterocycles. The molecule has 1 N–H and O–H groups in total. The molecular weight excluding hydrogens is 448 g/mol. The van der Waals surface area contributed by atoms with Crippen LogP contribution in [-0.4, -0.2) is 39.3 Å². The van der Waals surface area contributed by atoms with Crippen molar-refractivity contribution in [1.29, 1.82) is 0 Å². The van der Waals surface area contributed by atoms with Crippen LogP contribution in [0.1, 0.15) is 18.1 Å². The number of aryl methyl sites for hydroxylation is 1. The number of nitrogens with zero attached hydrogens (tertiary/aromatic N) is 3. The third-order valence-corrected chi connectivity index (χ3v) is 6.45. The van der Waals surface area contributed by atoms with Crippen molar-refractivity contribution in [3.63, 3.8) is 0 Å². The lowest BCUT2D eigenvalue weighted by Crippen LogP contribution is -2.33. The highest BCUT2D eigenvalue weighted by Crippen LogP contribution is 2.25. The van der Waals surface area contributed by atoms with Crippen molar-refractivity contribution in [2.24, 2.45) is 0 Å². The van der Waals surface area contributed by atoms with Crippen molar-refractivity contribution in [2.45, 2.75) is 30.7 Å². The van der Waals surface area contributed by atoms with Crippen LogP contribution in [0.5, 0.6) is 5.75 Å². The second kappa shape index (κ2) is 10.5. The number of thioether (sulfide) groups is 1. The van der Waals surface area contributed by atoms with Gasteiger partial charge in [-0.05, 0) is 67.8 Å². The number of hydrogen-bond donors (Lipinski definition) is 1. The van der Waals surface area contributed by atoms with Gasteiger partial charge in [0.15, 0.2) is 5.16 Å². The number of nitrogens with one attached hydrogen (secondary N) is 1. The molecule has 0 radical (unpaired) electrons. The summed E-state index contributed by atoms with van der Waals surface area (Å²) in [6.45, 7) is 4.26. The summed E-state index contributed by atoms with van der Waals surface area (Å²) in [4.78, 5) is 35.2. The van der Waals surface area contributed by atoms with E-state index in [1.165, 1.54) is 16.3 Å². The number of carbonyl (C=O) groups is 1. The average molecular weight is 475 g/mol. The number of benzene rings is 2. The molecule has 4 aromatic rings. The summed E-state index contributed by atoms with van der Waals surface area (Å²) in [6, 6.07) is 18.7. The molecule has 0 aliphatic heterocycles. The minimum atomic E-state index is -0.458. The highest BCUT2D eigenvalue weighted by molar-refractivity contribution is 8.00. The molecule has 0 saturated heterocycles. The molecule has 2 aromatic carbocycles. The van der Waals surface area contributed by atoms with Gasteiger partial charge in [0.2, 0.25) is 5.91 Å². The van der Waals surface area contributed by atoms with Gasteiger partial charge in [-0.2, -0.15) is 0 Å². The molecule has 174 valence electrons. The second-order valence-electron chi connectivity index (χ2n) is 7.89. The zero-order chi connectivity index (χ0) is 24.1. The maximum atomic E-state index is 13.3. The maximum absolute atomic E-state index is 13.3. The normalized spacial score (nSPS) is 11.9. The molecule has 0 bridgehead atoms. The first-order valence-electron chi connectivity index (χ1n) is 11.0. The average Bonchev–Trinajstić information content (AvgIpc) is 2.84. The van der Waals surface area contributed by atoms with Gasteiger partial charge < -0.3 is 10.1 Å². The number of methoxy groups -OCH3 is 1. The molecule has 1 unspecified atom stereocenters. The van der Waals surface area contributed by atoms with E-state index in [1.807, 2.05) is 62.4 Å². The quantitative estimate of drug-likeness (QED) is 0.308. The molecule has 34 heavy (non-hydrogen) atoms. The van der Waals surface area contributed by atoms with Gasteiger partial charge >= 0.3 is 0 Å². The number of ether oxygens (including phenoxy) is 1. The van der Waals surface area contributed by atoms with Gasteiger partial charge in [0.25, 0.3) is 5.56 Å². The number of pyridine rings is 1. The lowest BCUT2D eigenvalue weighted by Gasteiger charge is -2.16. The van der Waals surface area contributed by atoms with E-state index in [0.29, 0.717) is 34.8 Å². The van der Waals surface area contributed by atoms with Crippen molar-refractivity contribution in [2.75, 3.05) is 13.7 Å². The number of hydrogen-bond acceptors (Lipinski definition) is 6. The molecule has 0 saturated carbocycles. The number of rotatable bonds is 8. The monoisotopic (exact) mass is 474 g/mol. The van der Waals surface area contributed by atoms with E-state index in [9.17, 15) is 9.59 Å². The third kappa shape index (κ3) is 5.28. The van der Waals surface area contributed by atoms with Crippen molar-refractivity contribution < 1.29 is 9.53 Å². The summed E-state index contributed by atoms with van der Waals surface area (Å²) in [6.07, 6.45) is 2.37. The van der Waals surface area contributed by atoms with Crippen LogP contribution < -0.4 is 15.6 Å².